The lowest BCUT2D eigenvalue weighted by atomic mass is 9.78. The third-order valence-corrected chi connectivity index (χ3v) is 12.6. The fourth-order valence-corrected chi connectivity index (χ4v) is 9.96. The van der Waals surface area contributed by atoms with E-state index < -0.39 is 0 Å². The lowest BCUT2D eigenvalue weighted by Crippen LogP contribution is -2.15. The normalized spacial score (nSPS) is 12.9. The van der Waals surface area contributed by atoms with Crippen LogP contribution in [-0.4, -0.2) is 10.3 Å². The van der Waals surface area contributed by atoms with Crippen LogP contribution in [0.3, 0.4) is 0 Å². The minimum atomic E-state index is -0.253. The van der Waals surface area contributed by atoms with Crippen LogP contribution in [-0.2, 0) is 5.41 Å². The van der Waals surface area contributed by atoms with Crippen LogP contribution in [0.15, 0.2) is 189 Å². The van der Waals surface area contributed by atoms with Crippen molar-refractivity contribution >= 4 is 55.1 Å². The van der Waals surface area contributed by atoms with Crippen LogP contribution in [0.5, 0.6) is 0 Å². The van der Waals surface area contributed by atoms with E-state index in [4.69, 9.17) is 0 Å². The summed E-state index contributed by atoms with van der Waals surface area (Å²) in [6.45, 7) is 8.85. The second kappa shape index (κ2) is 12.9. The van der Waals surface area contributed by atoms with E-state index in [1.807, 2.05) is 30.3 Å². The number of nitrogens with zero attached hydrogens (tertiary/aromatic N) is 1. The molecule has 0 saturated carbocycles. The SMILES string of the molecule is C=Cc1ccccc1C(=N)c1ccc(-c2cccc3c4ccccc4n(-c4ccccc4)c23)c(-c2ccc3c(c2)C(C)(C)c2c-3c3ccccc3c3ccccc23)c1. The van der Waals surface area contributed by atoms with Crippen LogP contribution in [0.4, 0.5) is 0 Å². The summed E-state index contributed by atoms with van der Waals surface area (Å²) in [7, 11) is 0. The Bertz CT molecular complexity index is 3340. The van der Waals surface area contributed by atoms with Crippen LogP contribution in [0, 0.1) is 5.41 Å². The summed E-state index contributed by atoms with van der Waals surface area (Å²) in [5.41, 5.74) is 16.2. The standard InChI is InChI=1S/C56H40N2/c1-4-35-17-8-9-20-39(35)54(57)37-30-31-42(46-26-16-27-47-43-23-14-15-28-51(43)58(55(46)47)38-18-6-5-7-19-38)49(33-37)36-29-32-48-50(34-36)56(2,3)53-45-25-13-11-22-41(45)40-21-10-12-24-44(40)52(48)53/h4-34,57H,1H2,2-3H3. The zero-order valence-corrected chi connectivity index (χ0v) is 32.6. The first kappa shape index (κ1) is 34.0. The van der Waals surface area contributed by atoms with Crippen molar-refractivity contribution in [2.24, 2.45) is 0 Å². The number of hydrogen-bond donors (Lipinski definition) is 1. The van der Waals surface area contributed by atoms with Gasteiger partial charge in [-0.1, -0.05) is 178 Å². The van der Waals surface area contributed by atoms with Gasteiger partial charge in [-0.15, -0.1) is 0 Å². The summed E-state index contributed by atoms with van der Waals surface area (Å²) >= 11 is 0. The fraction of sp³-hybridized carbons (Fsp3) is 0.0536. The molecular weight excluding hydrogens is 701 g/mol. The topological polar surface area (TPSA) is 28.8 Å². The lowest BCUT2D eigenvalue weighted by molar-refractivity contribution is 0.667. The first-order chi connectivity index (χ1) is 28.4. The molecule has 0 bridgehead atoms. The molecule has 2 heteroatoms. The molecule has 0 aliphatic heterocycles. The minimum Gasteiger partial charge on any atom is -0.309 e. The summed E-state index contributed by atoms with van der Waals surface area (Å²) in [6, 6.07) is 65.7. The van der Waals surface area contributed by atoms with Gasteiger partial charge in [0.05, 0.1) is 16.7 Å². The second-order valence-corrected chi connectivity index (χ2v) is 16.0. The average molecular weight is 741 g/mol. The molecule has 0 fully saturated rings. The van der Waals surface area contributed by atoms with E-state index in [-0.39, 0.29) is 5.41 Å². The van der Waals surface area contributed by atoms with Gasteiger partial charge in [0.25, 0.3) is 0 Å². The molecule has 0 radical (unpaired) electrons. The second-order valence-electron chi connectivity index (χ2n) is 16.0. The zero-order valence-electron chi connectivity index (χ0n) is 32.6. The molecule has 1 aliphatic carbocycles. The molecule has 10 aromatic rings. The third kappa shape index (κ3) is 4.88. The van der Waals surface area contributed by atoms with Gasteiger partial charge in [0, 0.05) is 38.6 Å². The van der Waals surface area contributed by atoms with Crippen molar-refractivity contribution in [3.8, 4) is 39.1 Å². The molecule has 0 saturated heterocycles. The molecular formula is C56H40N2. The Hall–Kier alpha value is -7.29. The molecule has 0 atom stereocenters. The van der Waals surface area contributed by atoms with Gasteiger partial charge in [-0.2, -0.15) is 0 Å². The molecule has 58 heavy (non-hydrogen) atoms. The Morgan fingerprint density at radius 1 is 0.534 bits per heavy atom. The van der Waals surface area contributed by atoms with Crippen molar-refractivity contribution in [3.63, 3.8) is 0 Å². The van der Waals surface area contributed by atoms with Gasteiger partial charge in [-0.25, -0.2) is 0 Å². The quantitative estimate of drug-likeness (QED) is 0.130. The van der Waals surface area contributed by atoms with E-state index in [0.29, 0.717) is 5.71 Å². The molecule has 1 N–H and O–H groups in total. The predicted octanol–water partition coefficient (Wildman–Crippen LogP) is 14.8. The number of rotatable bonds is 6. The average Bonchev–Trinajstić information content (AvgIpc) is 3.75. The molecule has 1 heterocycles. The summed E-state index contributed by atoms with van der Waals surface area (Å²) < 4.78 is 2.42. The molecule has 11 rings (SSSR count). The van der Waals surface area contributed by atoms with Crippen molar-refractivity contribution in [2.75, 3.05) is 0 Å². The minimum absolute atomic E-state index is 0.253. The van der Waals surface area contributed by atoms with Crippen molar-refractivity contribution in [1.29, 1.82) is 5.41 Å². The highest BCUT2D eigenvalue weighted by molar-refractivity contribution is 6.19. The number of hydrogen-bond acceptors (Lipinski definition) is 1. The van der Waals surface area contributed by atoms with E-state index in [9.17, 15) is 5.41 Å². The van der Waals surface area contributed by atoms with Gasteiger partial charge >= 0.3 is 0 Å². The van der Waals surface area contributed by atoms with Crippen molar-refractivity contribution in [2.45, 2.75) is 19.3 Å². The third-order valence-electron chi connectivity index (χ3n) is 12.6. The number of nitrogens with one attached hydrogen (secondary N) is 1. The predicted molar refractivity (Wildman–Crippen MR) is 247 cm³/mol. The van der Waals surface area contributed by atoms with Crippen LogP contribution >= 0.6 is 0 Å². The molecule has 1 aliphatic rings. The van der Waals surface area contributed by atoms with Crippen molar-refractivity contribution in [1.82, 2.24) is 4.57 Å². The highest BCUT2D eigenvalue weighted by atomic mass is 15.0. The monoisotopic (exact) mass is 740 g/mol. The number of fused-ring (bicyclic) bond motifs is 11. The molecule has 1 aromatic heterocycles. The first-order valence-electron chi connectivity index (χ1n) is 20.1. The summed E-state index contributed by atoms with van der Waals surface area (Å²) in [6.07, 6.45) is 1.84. The molecule has 9 aromatic carbocycles. The molecule has 274 valence electrons. The van der Waals surface area contributed by atoms with Gasteiger partial charge in [0.1, 0.15) is 0 Å². The maximum atomic E-state index is 9.57. The van der Waals surface area contributed by atoms with Crippen LogP contribution < -0.4 is 0 Å². The van der Waals surface area contributed by atoms with Gasteiger partial charge in [-0.3, -0.25) is 5.41 Å². The van der Waals surface area contributed by atoms with Crippen molar-refractivity contribution < 1.29 is 0 Å². The maximum absolute atomic E-state index is 9.57. The summed E-state index contributed by atoms with van der Waals surface area (Å²) in [4.78, 5) is 0. The summed E-state index contributed by atoms with van der Waals surface area (Å²) in [5.74, 6) is 0. The van der Waals surface area contributed by atoms with E-state index in [2.05, 4.69) is 183 Å². The Labute approximate surface area is 338 Å². The van der Waals surface area contributed by atoms with E-state index in [1.165, 1.54) is 65.6 Å². The maximum Gasteiger partial charge on any atom is 0.0690 e. The van der Waals surface area contributed by atoms with Gasteiger partial charge < -0.3 is 4.57 Å². The fourth-order valence-electron chi connectivity index (χ4n) is 9.96. The number of para-hydroxylation sites is 3. The number of benzene rings is 9. The van der Waals surface area contributed by atoms with E-state index >= 15 is 0 Å². The molecule has 0 spiro atoms. The van der Waals surface area contributed by atoms with E-state index in [1.54, 1.807) is 0 Å². The Kier molecular flexibility index (Phi) is 7.55. The number of aromatic nitrogens is 1. The Morgan fingerprint density at radius 2 is 1.17 bits per heavy atom. The molecule has 0 amide bonds. The van der Waals surface area contributed by atoms with Crippen LogP contribution in [0.2, 0.25) is 0 Å². The Morgan fingerprint density at radius 3 is 1.97 bits per heavy atom. The van der Waals surface area contributed by atoms with Crippen molar-refractivity contribution in [3.05, 3.63) is 216 Å². The Balaban J connectivity index is 1.19. The first-order valence-corrected chi connectivity index (χ1v) is 20.1. The largest absolute Gasteiger partial charge is 0.309 e. The van der Waals surface area contributed by atoms with Gasteiger partial charge in [-0.05, 0) is 96.4 Å². The van der Waals surface area contributed by atoms with Crippen LogP contribution in [0.1, 0.15) is 41.7 Å². The zero-order chi connectivity index (χ0) is 39.1. The van der Waals surface area contributed by atoms with Gasteiger partial charge in [0.15, 0.2) is 0 Å². The lowest BCUT2D eigenvalue weighted by Gasteiger charge is -2.24. The van der Waals surface area contributed by atoms with E-state index in [0.717, 1.165) is 44.6 Å². The van der Waals surface area contributed by atoms with Crippen LogP contribution in [0.25, 0.3) is 88.5 Å². The molecule has 0 unspecified atom stereocenters. The highest BCUT2D eigenvalue weighted by Gasteiger charge is 2.38. The summed E-state index contributed by atoms with van der Waals surface area (Å²) in [5, 5.41) is 17.2. The van der Waals surface area contributed by atoms with Gasteiger partial charge in [0.2, 0.25) is 0 Å². The molecule has 2 nitrogen and oxygen atoms in total. The highest BCUT2D eigenvalue weighted by Crippen LogP contribution is 2.55. The smallest absolute Gasteiger partial charge is 0.0690 e.